The van der Waals surface area contributed by atoms with E-state index in [-0.39, 0.29) is 17.4 Å². The van der Waals surface area contributed by atoms with Gasteiger partial charge in [-0.15, -0.1) is 6.42 Å². The molecule has 3 nitrogen and oxygen atoms in total. The van der Waals surface area contributed by atoms with Gasteiger partial charge in [-0.2, -0.15) is 0 Å². The number of hydrogen-bond acceptors (Lipinski definition) is 3. The zero-order valence-electron chi connectivity index (χ0n) is 10.5. The lowest BCUT2D eigenvalue weighted by Crippen LogP contribution is -2.49. The number of terminal acetylenes is 1. The number of esters is 1. The molecule has 90 valence electrons. The molecule has 1 rings (SSSR count). The van der Waals surface area contributed by atoms with Gasteiger partial charge in [0.05, 0.1) is 18.1 Å². The average Bonchev–Trinajstić information content (AvgIpc) is 2.29. The highest BCUT2D eigenvalue weighted by Crippen LogP contribution is 2.24. The van der Waals surface area contributed by atoms with Crippen LogP contribution in [0.5, 0.6) is 0 Å². The Hall–Kier alpha value is -1.01. The Morgan fingerprint density at radius 3 is 2.88 bits per heavy atom. The molecule has 0 spiro atoms. The van der Waals surface area contributed by atoms with Crippen molar-refractivity contribution in [1.29, 1.82) is 0 Å². The van der Waals surface area contributed by atoms with Gasteiger partial charge in [0.1, 0.15) is 0 Å². The summed E-state index contributed by atoms with van der Waals surface area (Å²) in [5.41, 5.74) is -0.273. The molecular weight excluding hydrogens is 202 g/mol. The third-order valence-electron chi connectivity index (χ3n) is 3.19. The molecule has 0 unspecified atom stereocenters. The first kappa shape index (κ1) is 13.1. The van der Waals surface area contributed by atoms with Crippen molar-refractivity contribution >= 4 is 5.97 Å². The molecule has 1 heterocycles. The Morgan fingerprint density at radius 2 is 2.31 bits per heavy atom. The third-order valence-corrected chi connectivity index (χ3v) is 3.19. The monoisotopic (exact) mass is 223 g/mol. The maximum absolute atomic E-state index is 11.7. The average molecular weight is 223 g/mol. The van der Waals surface area contributed by atoms with E-state index in [1.807, 2.05) is 20.8 Å². The van der Waals surface area contributed by atoms with E-state index in [9.17, 15) is 4.79 Å². The van der Waals surface area contributed by atoms with Crippen LogP contribution in [0.15, 0.2) is 0 Å². The molecule has 0 radical (unpaired) electrons. The summed E-state index contributed by atoms with van der Waals surface area (Å²) in [7, 11) is 0. The summed E-state index contributed by atoms with van der Waals surface area (Å²) in [4.78, 5) is 13.9. The Kier molecular flexibility index (Phi) is 4.37. The first-order valence-corrected chi connectivity index (χ1v) is 5.90. The molecule has 16 heavy (non-hydrogen) atoms. The van der Waals surface area contributed by atoms with Crippen LogP contribution < -0.4 is 0 Å². The van der Waals surface area contributed by atoms with Crippen LogP contribution in [0.2, 0.25) is 0 Å². The fraction of sp³-hybridized carbons (Fsp3) is 0.769. The molecule has 0 aromatic heterocycles. The molecule has 0 aromatic carbocycles. The first-order valence-electron chi connectivity index (χ1n) is 5.90. The minimum absolute atomic E-state index is 0.0127. The predicted octanol–water partition coefficient (Wildman–Crippen LogP) is 1.67. The van der Waals surface area contributed by atoms with Crippen molar-refractivity contribution in [1.82, 2.24) is 4.90 Å². The van der Waals surface area contributed by atoms with Gasteiger partial charge in [-0.1, -0.05) is 5.92 Å². The van der Waals surface area contributed by atoms with Crippen molar-refractivity contribution in [3.8, 4) is 12.3 Å². The standard InChI is InChI=1S/C13H21NO2/c1-5-13(3,4)14-9-7-8-11(10-14)12(15)16-6-2/h1,11H,6-10H2,2-4H3/t11-/m1/s1. The summed E-state index contributed by atoms with van der Waals surface area (Å²) in [5.74, 6) is 2.68. The third kappa shape index (κ3) is 2.99. The quantitative estimate of drug-likeness (QED) is 0.538. The van der Waals surface area contributed by atoms with Crippen LogP contribution in [0.1, 0.15) is 33.6 Å². The van der Waals surface area contributed by atoms with Crippen molar-refractivity contribution in [2.24, 2.45) is 5.92 Å². The van der Waals surface area contributed by atoms with Gasteiger partial charge in [0.2, 0.25) is 0 Å². The number of hydrogen-bond donors (Lipinski definition) is 0. The molecule has 0 aromatic rings. The summed E-state index contributed by atoms with van der Waals surface area (Å²) in [6.45, 7) is 8.00. The number of rotatable bonds is 3. The second-order valence-corrected chi connectivity index (χ2v) is 4.74. The van der Waals surface area contributed by atoms with Crippen LogP contribution >= 0.6 is 0 Å². The van der Waals surface area contributed by atoms with Crippen LogP contribution in [-0.2, 0) is 9.53 Å². The van der Waals surface area contributed by atoms with Crippen molar-refractivity contribution in [2.75, 3.05) is 19.7 Å². The highest BCUT2D eigenvalue weighted by atomic mass is 16.5. The lowest BCUT2D eigenvalue weighted by Gasteiger charge is -2.39. The largest absolute Gasteiger partial charge is 0.466 e. The van der Waals surface area contributed by atoms with Gasteiger partial charge in [-0.25, -0.2) is 0 Å². The SMILES string of the molecule is C#CC(C)(C)N1CCC[C@@H](C(=O)OCC)C1. The Morgan fingerprint density at radius 1 is 1.62 bits per heavy atom. The van der Waals surface area contributed by atoms with E-state index < -0.39 is 0 Å². The maximum Gasteiger partial charge on any atom is 0.310 e. The summed E-state index contributed by atoms with van der Waals surface area (Å²) >= 11 is 0. The van der Waals surface area contributed by atoms with Crippen LogP contribution in [0, 0.1) is 18.3 Å². The lowest BCUT2D eigenvalue weighted by atomic mass is 9.93. The zero-order valence-corrected chi connectivity index (χ0v) is 10.5. The summed E-state index contributed by atoms with van der Waals surface area (Å²) in [6, 6.07) is 0. The highest BCUT2D eigenvalue weighted by molar-refractivity contribution is 5.72. The van der Waals surface area contributed by atoms with E-state index in [0.717, 1.165) is 25.9 Å². The second-order valence-electron chi connectivity index (χ2n) is 4.74. The molecule has 1 saturated heterocycles. The van der Waals surface area contributed by atoms with Gasteiger partial charge in [-0.05, 0) is 40.2 Å². The molecule has 0 N–H and O–H groups in total. The van der Waals surface area contributed by atoms with Crippen LogP contribution in [-0.4, -0.2) is 36.1 Å². The van der Waals surface area contributed by atoms with Crippen LogP contribution in [0.25, 0.3) is 0 Å². The second kappa shape index (κ2) is 5.36. The number of piperidine rings is 1. The van der Waals surface area contributed by atoms with E-state index in [4.69, 9.17) is 11.2 Å². The Balaban J connectivity index is 2.61. The minimum Gasteiger partial charge on any atom is -0.466 e. The highest BCUT2D eigenvalue weighted by Gasteiger charge is 2.33. The fourth-order valence-corrected chi connectivity index (χ4v) is 2.03. The predicted molar refractivity (Wildman–Crippen MR) is 63.8 cm³/mol. The van der Waals surface area contributed by atoms with Gasteiger partial charge in [0, 0.05) is 6.54 Å². The zero-order chi connectivity index (χ0) is 12.2. The molecule has 1 fully saturated rings. The first-order chi connectivity index (χ1) is 7.51. The number of carbonyl (C=O) groups excluding carboxylic acids is 1. The van der Waals surface area contributed by atoms with Crippen molar-refractivity contribution < 1.29 is 9.53 Å². The van der Waals surface area contributed by atoms with Gasteiger partial charge in [0.25, 0.3) is 0 Å². The number of carbonyl (C=O) groups is 1. The van der Waals surface area contributed by atoms with E-state index in [1.165, 1.54) is 0 Å². The van der Waals surface area contributed by atoms with Crippen molar-refractivity contribution in [3.63, 3.8) is 0 Å². The summed E-state index contributed by atoms with van der Waals surface area (Å²) in [5, 5.41) is 0. The molecular formula is C13H21NO2. The normalized spacial score (nSPS) is 22.5. The van der Waals surface area contributed by atoms with E-state index >= 15 is 0 Å². The molecule has 3 heteroatoms. The maximum atomic E-state index is 11.7. The van der Waals surface area contributed by atoms with Gasteiger partial charge in [-0.3, -0.25) is 9.69 Å². The molecule has 1 aliphatic heterocycles. The molecule has 0 saturated carbocycles. The molecule has 1 atom stereocenters. The van der Waals surface area contributed by atoms with Gasteiger partial charge in [0.15, 0.2) is 0 Å². The minimum atomic E-state index is -0.273. The summed E-state index contributed by atoms with van der Waals surface area (Å²) < 4.78 is 5.06. The van der Waals surface area contributed by atoms with Gasteiger partial charge < -0.3 is 4.74 Å². The smallest absolute Gasteiger partial charge is 0.310 e. The van der Waals surface area contributed by atoms with E-state index in [2.05, 4.69) is 10.8 Å². The van der Waals surface area contributed by atoms with Crippen molar-refractivity contribution in [3.05, 3.63) is 0 Å². The molecule has 0 aliphatic carbocycles. The molecule has 0 amide bonds. The van der Waals surface area contributed by atoms with E-state index in [1.54, 1.807) is 0 Å². The molecule has 1 aliphatic rings. The number of ether oxygens (including phenoxy) is 1. The Bertz CT molecular complexity index is 291. The van der Waals surface area contributed by atoms with Gasteiger partial charge >= 0.3 is 5.97 Å². The number of nitrogens with zero attached hydrogens (tertiary/aromatic N) is 1. The summed E-state index contributed by atoms with van der Waals surface area (Å²) in [6.07, 6.45) is 7.43. The van der Waals surface area contributed by atoms with Crippen LogP contribution in [0.3, 0.4) is 0 Å². The fourth-order valence-electron chi connectivity index (χ4n) is 2.03. The molecule has 0 bridgehead atoms. The van der Waals surface area contributed by atoms with Crippen LogP contribution in [0.4, 0.5) is 0 Å². The Labute approximate surface area is 98.1 Å². The van der Waals surface area contributed by atoms with Crippen molar-refractivity contribution in [2.45, 2.75) is 39.2 Å². The van der Waals surface area contributed by atoms with E-state index in [0.29, 0.717) is 6.61 Å². The number of likely N-dealkylation sites (tertiary alicyclic amines) is 1. The topological polar surface area (TPSA) is 29.5 Å². The lowest BCUT2D eigenvalue weighted by molar-refractivity contribution is -0.150.